The fourth-order valence-electron chi connectivity index (χ4n) is 1.45. The van der Waals surface area contributed by atoms with E-state index < -0.39 is 16.2 Å². The first-order valence-corrected chi connectivity index (χ1v) is 6.02. The summed E-state index contributed by atoms with van der Waals surface area (Å²) in [7, 11) is 1.33. The first kappa shape index (κ1) is 15.9. The van der Waals surface area contributed by atoms with E-state index in [9.17, 15) is 14.9 Å². The fraction of sp³-hybridized carbons (Fsp3) is 0.462. The third-order valence-corrected chi connectivity index (χ3v) is 2.79. The number of nitrogens with zero attached hydrogens (tertiary/aromatic N) is 1. The van der Waals surface area contributed by atoms with E-state index in [0.29, 0.717) is 0 Å². The van der Waals surface area contributed by atoms with Crippen molar-refractivity contribution in [2.45, 2.75) is 13.8 Å². The molecular formula is C13H18N2O5. The van der Waals surface area contributed by atoms with Crippen molar-refractivity contribution in [3.8, 4) is 5.75 Å². The van der Waals surface area contributed by atoms with Gasteiger partial charge in [0.25, 0.3) is 5.91 Å². The molecule has 7 nitrogen and oxygen atoms in total. The summed E-state index contributed by atoms with van der Waals surface area (Å²) in [5, 5.41) is 22.6. The lowest BCUT2D eigenvalue weighted by Gasteiger charge is -2.21. The largest absolute Gasteiger partial charge is 0.490 e. The number of carbonyl (C=O) groups is 1. The molecule has 1 rings (SSSR count). The van der Waals surface area contributed by atoms with Crippen LogP contribution in [0.5, 0.6) is 5.75 Å². The molecule has 0 aromatic heterocycles. The minimum absolute atomic E-state index is 0.0734. The Bertz CT molecular complexity index is 513. The van der Waals surface area contributed by atoms with Crippen LogP contribution in [-0.2, 0) is 0 Å². The van der Waals surface area contributed by atoms with E-state index in [0.717, 1.165) is 0 Å². The maximum Gasteiger partial charge on any atom is 0.311 e. The molecule has 0 bridgehead atoms. The monoisotopic (exact) mass is 282 g/mol. The smallest absolute Gasteiger partial charge is 0.311 e. The van der Waals surface area contributed by atoms with E-state index in [2.05, 4.69) is 5.32 Å². The van der Waals surface area contributed by atoms with Crippen molar-refractivity contribution in [2.75, 3.05) is 20.3 Å². The highest BCUT2D eigenvalue weighted by atomic mass is 16.6. The van der Waals surface area contributed by atoms with E-state index in [1.54, 1.807) is 13.8 Å². The van der Waals surface area contributed by atoms with Crippen LogP contribution in [0.25, 0.3) is 0 Å². The van der Waals surface area contributed by atoms with E-state index in [1.165, 1.54) is 25.3 Å². The number of rotatable bonds is 6. The third kappa shape index (κ3) is 3.92. The van der Waals surface area contributed by atoms with Crippen LogP contribution in [0.1, 0.15) is 24.2 Å². The maximum absolute atomic E-state index is 11.9. The number of nitrogens with one attached hydrogen (secondary N) is 1. The van der Waals surface area contributed by atoms with Gasteiger partial charge in [-0.1, -0.05) is 13.8 Å². The third-order valence-electron chi connectivity index (χ3n) is 2.79. The van der Waals surface area contributed by atoms with Crippen LogP contribution in [0.4, 0.5) is 5.69 Å². The normalized spacial score (nSPS) is 11.0. The van der Waals surface area contributed by atoms with Gasteiger partial charge in [-0.3, -0.25) is 14.9 Å². The van der Waals surface area contributed by atoms with E-state index in [1.807, 2.05) is 0 Å². The molecule has 7 heteroatoms. The first-order valence-electron chi connectivity index (χ1n) is 6.02. The molecule has 0 aliphatic heterocycles. The topological polar surface area (TPSA) is 102 Å². The van der Waals surface area contributed by atoms with Crippen LogP contribution in [-0.4, -0.2) is 36.2 Å². The van der Waals surface area contributed by atoms with Crippen LogP contribution in [0.3, 0.4) is 0 Å². The Balaban J connectivity index is 2.89. The summed E-state index contributed by atoms with van der Waals surface area (Å²) in [5.74, 6) is -0.334. The lowest BCUT2D eigenvalue weighted by molar-refractivity contribution is -0.385. The minimum atomic E-state index is -0.604. The molecule has 1 aromatic carbocycles. The highest BCUT2D eigenvalue weighted by Gasteiger charge is 2.21. The molecule has 0 fully saturated rings. The summed E-state index contributed by atoms with van der Waals surface area (Å²) in [4.78, 5) is 22.2. The van der Waals surface area contributed by atoms with Gasteiger partial charge in [0.15, 0.2) is 5.75 Å². The van der Waals surface area contributed by atoms with Gasteiger partial charge in [0.2, 0.25) is 0 Å². The van der Waals surface area contributed by atoms with Gasteiger partial charge in [0.05, 0.1) is 12.0 Å². The molecule has 0 radical (unpaired) electrons. The van der Waals surface area contributed by atoms with Gasteiger partial charge in [-0.05, 0) is 12.1 Å². The van der Waals surface area contributed by atoms with E-state index >= 15 is 0 Å². The van der Waals surface area contributed by atoms with Gasteiger partial charge < -0.3 is 15.2 Å². The average Bonchev–Trinajstić information content (AvgIpc) is 2.44. The Hall–Kier alpha value is -2.15. The van der Waals surface area contributed by atoms with Gasteiger partial charge in [-0.25, -0.2) is 0 Å². The molecule has 110 valence electrons. The van der Waals surface area contributed by atoms with Gasteiger partial charge in [0.1, 0.15) is 0 Å². The number of hydrogen-bond donors (Lipinski definition) is 2. The molecule has 0 spiro atoms. The Kier molecular flexibility index (Phi) is 5.04. The van der Waals surface area contributed by atoms with Crippen molar-refractivity contribution in [1.82, 2.24) is 5.32 Å². The zero-order valence-electron chi connectivity index (χ0n) is 11.7. The number of benzene rings is 1. The van der Waals surface area contributed by atoms with E-state index in [4.69, 9.17) is 9.84 Å². The highest BCUT2D eigenvalue weighted by Crippen LogP contribution is 2.27. The summed E-state index contributed by atoms with van der Waals surface area (Å²) in [6, 6.07) is 4.00. The molecule has 1 amide bonds. The molecule has 0 heterocycles. The number of nitro benzene ring substituents is 1. The minimum Gasteiger partial charge on any atom is -0.490 e. The molecule has 0 aliphatic rings. The quantitative estimate of drug-likeness (QED) is 0.605. The van der Waals surface area contributed by atoms with Gasteiger partial charge in [0, 0.05) is 30.2 Å². The molecule has 0 saturated heterocycles. The molecule has 0 unspecified atom stereocenters. The van der Waals surface area contributed by atoms with Gasteiger partial charge in [-0.15, -0.1) is 0 Å². The summed E-state index contributed by atoms with van der Waals surface area (Å²) in [6.45, 7) is 3.78. The van der Waals surface area contributed by atoms with Crippen molar-refractivity contribution in [3.05, 3.63) is 33.9 Å². The predicted octanol–water partition coefficient (Wildman–Crippen LogP) is 1.35. The second-order valence-corrected chi connectivity index (χ2v) is 5.15. The maximum atomic E-state index is 11.9. The van der Waals surface area contributed by atoms with Crippen LogP contribution in [0.15, 0.2) is 18.2 Å². The zero-order chi connectivity index (χ0) is 15.3. The Morgan fingerprint density at radius 1 is 1.50 bits per heavy atom. The van der Waals surface area contributed by atoms with Gasteiger partial charge in [-0.2, -0.15) is 0 Å². The molecule has 2 N–H and O–H groups in total. The van der Waals surface area contributed by atoms with Crippen molar-refractivity contribution < 1.29 is 19.6 Å². The van der Waals surface area contributed by atoms with Crippen molar-refractivity contribution >= 4 is 11.6 Å². The number of methoxy groups -OCH3 is 1. The zero-order valence-corrected chi connectivity index (χ0v) is 11.7. The number of aliphatic hydroxyl groups is 1. The second kappa shape index (κ2) is 6.33. The Morgan fingerprint density at radius 2 is 2.15 bits per heavy atom. The SMILES string of the molecule is COc1ccc(C(=O)NCC(C)(C)CO)cc1[N+](=O)[O-]. The Morgan fingerprint density at radius 3 is 2.65 bits per heavy atom. The lowest BCUT2D eigenvalue weighted by atomic mass is 9.95. The van der Waals surface area contributed by atoms with E-state index in [-0.39, 0.29) is 30.2 Å². The number of amides is 1. The van der Waals surface area contributed by atoms with Crippen molar-refractivity contribution in [1.29, 1.82) is 0 Å². The highest BCUT2D eigenvalue weighted by molar-refractivity contribution is 5.95. The molecule has 1 aromatic rings. The Labute approximate surface area is 116 Å². The lowest BCUT2D eigenvalue weighted by Crippen LogP contribution is -2.36. The second-order valence-electron chi connectivity index (χ2n) is 5.15. The van der Waals surface area contributed by atoms with Crippen molar-refractivity contribution in [2.24, 2.45) is 5.41 Å². The van der Waals surface area contributed by atoms with Crippen LogP contribution < -0.4 is 10.1 Å². The fourth-order valence-corrected chi connectivity index (χ4v) is 1.45. The van der Waals surface area contributed by atoms with Gasteiger partial charge >= 0.3 is 5.69 Å². The molecule has 0 atom stereocenters. The number of hydrogen-bond acceptors (Lipinski definition) is 5. The number of ether oxygens (including phenoxy) is 1. The summed E-state index contributed by atoms with van der Waals surface area (Å²) in [5.41, 5.74) is -0.540. The number of carbonyl (C=O) groups excluding carboxylic acids is 1. The standard InChI is InChI=1S/C13H18N2O5/c1-13(2,8-16)7-14-12(17)9-4-5-11(20-3)10(6-9)15(18)19/h4-6,16H,7-8H2,1-3H3,(H,14,17). The summed E-state index contributed by atoms with van der Waals surface area (Å²) >= 11 is 0. The van der Waals surface area contributed by atoms with Crippen LogP contribution in [0, 0.1) is 15.5 Å². The molecule has 0 aliphatic carbocycles. The molecular weight excluding hydrogens is 264 g/mol. The molecule has 20 heavy (non-hydrogen) atoms. The first-order chi connectivity index (χ1) is 9.30. The molecule has 0 saturated carbocycles. The number of nitro groups is 1. The van der Waals surface area contributed by atoms with Crippen LogP contribution in [0.2, 0.25) is 0 Å². The average molecular weight is 282 g/mol. The summed E-state index contributed by atoms with van der Waals surface area (Å²) in [6.07, 6.45) is 0. The number of aliphatic hydroxyl groups excluding tert-OH is 1. The summed E-state index contributed by atoms with van der Waals surface area (Å²) < 4.78 is 4.87. The van der Waals surface area contributed by atoms with Crippen LogP contribution >= 0.6 is 0 Å². The van der Waals surface area contributed by atoms with Crippen molar-refractivity contribution in [3.63, 3.8) is 0 Å². The predicted molar refractivity (Wildman–Crippen MR) is 72.8 cm³/mol.